The molecule has 0 spiro atoms. The Labute approximate surface area is 151 Å². The van der Waals surface area contributed by atoms with Crippen LogP contribution in [0.3, 0.4) is 0 Å². The second kappa shape index (κ2) is 9.22. The number of carbonyl (C=O) groups is 3. The summed E-state index contributed by atoms with van der Waals surface area (Å²) in [5.74, 6) is -0.914. The van der Waals surface area contributed by atoms with Gasteiger partial charge in [-0.1, -0.05) is 12.1 Å². The molecule has 2 aromatic carbocycles. The second-order valence-corrected chi connectivity index (χ2v) is 5.41. The summed E-state index contributed by atoms with van der Waals surface area (Å²) in [6.07, 6.45) is 0. The number of rotatable bonds is 7. The second-order valence-electron chi connectivity index (χ2n) is 5.41. The lowest BCUT2D eigenvalue weighted by Crippen LogP contribution is -2.24. The Bertz CT molecular complexity index is 805. The fraction of sp³-hybridized carbons (Fsp3) is 0.211. The number of anilines is 2. The molecule has 7 heteroatoms. The lowest BCUT2D eigenvalue weighted by atomic mass is 10.2. The highest BCUT2D eigenvalue weighted by atomic mass is 16.5. The Morgan fingerprint density at radius 3 is 2.31 bits per heavy atom. The maximum absolute atomic E-state index is 12.1. The standard InChI is InChI=1S/C19H21N3O4/c1-3-20-18(24)13-6-4-9-16(10-13)22-17(23)12-21-15-8-5-7-14(11-15)19(25)26-2/h4-11,21H,3,12H2,1-2H3,(H,20,24)(H,22,23). The lowest BCUT2D eigenvalue weighted by Gasteiger charge is -2.10. The number of benzene rings is 2. The van der Waals surface area contributed by atoms with Crippen molar-refractivity contribution in [3.8, 4) is 0 Å². The minimum Gasteiger partial charge on any atom is -0.465 e. The molecule has 0 saturated carbocycles. The van der Waals surface area contributed by atoms with Crippen molar-refractivity contribution in [2.45, 2.75) is 6.92 Å². The number of ether oxygens (including phenoxy) is 1. The van der Waals surface area contributed by atoms with E-state index >= 15 is 0 Å². The van der Waals surface area contributed by atoms with E-state index in [0.717, 1.165) is 0 Å². The van der Waals surface area contributed by atoms with Crippen molar-refractivity contribution in [2.75, 3.05) is 30.8 Å². The molecule has 0 aliphatic heterocycles. The van der Waals surface area contributed by atoms with Crippen molar-refractivity contribution in [1.29, 1.82) is 0 Å². The van der Waals surface area contributed by atoms with E-state index in [-0.39, 0.29) is 18.4 Å². The van der Waals surface area contributed by atoms with E-state index in [9.17, 15) is 14.4 Å². The Kier molecular flexibility index (Phi) is 6.73. The smallest absolute Gasteiger partial charge is 0.337 e. The molecule has 0 aliphatic rings. The minimum atomic E-state index is -0.444. The van der Waals surface area contributed by atoms with E-state index in [0.29, 0.717) is 29.0 Å². The summed E-state index contributed by atoms with van der Waals surface area (Å²) in [5.41, 5.74) is 2.03. The number of carbonyl (C=O) groups excluding carboxylic acids is 3. The van der Waals surface area contributed by atoms with Gasteiger partial charge in [0.15, 0.2) is 0 Å². The predicted molar refractivity (Wildman–Crippen MR) is 99.4 cm³/mol. The van der Waals surface area contributed by atoms with Gasteiger partial charge in [-0.25, -0.2) is 4.79 Å². The highest BCUT2D eigenvalue weighted by molar-refractivity contribution is 5.98. The highest BCUT2D eigenvalue weighted by Crippen LogP contribution is 2.13. The molecule has 0 saturated heterocycles. The molecule has 3 N–H and O–H groups in total. The average molecular weight is 355 g/mol. The molecule has 0 radical (unpaired) electrons. The first-order chi connectivity index (χ1) is 12.5. The maximum atomic E-state index is 12.1. The molecule has 0 aromatic heterocycles. The molecule has 0 bridgehead atoms. The van der Waals surface area contributed by atoms with Crippen molar-refractivity contribution in [1.82, 2.24) is 5.32 Å². The molecule has 2 rings (SSSR count). The van der Waals surface area contributed by atoms with Crippen LogP contribution in [0.2, 0.25) is 0 Å². The quantitative estimate of drug-likeness (QED) is 0.662. The zero-order valence-corrected chi connectivity index (χ0v) is 14.7. The Morgan fingerprint density at radius 2 is 1.62 bits per heavy atom. The molecule has 136 valence electrons. The number of esters is 1. The van der Waals surface area contributed by atoms with Crippen molar-refractivity contribution < 1.29 is 19.1 Å². The fourth-order valence-electron chi connectivity index (χ4n) is 2.26. The summed E-state index contributed by atoms with van der Waals surface area (Å²) >= 11 is 0. The van der Waals surface area contributed by atoms with Crippen LogP contribution in [-0.4, -0.2) is 38.0 Å². The van der Waals surface area contributed by atoms with Gasteiger partial charge in [0.05, 0.1) is 19.2 Å². The predicted octanol–water partition coefficient (Wildman–Crippen LogP) is 2.27. The van der Waals surface area contributed by atoms with E-state index in [1.54, 1.807) is 48.5 Å². The first kappa shape index (κ1) is 19.0. The largest absolute Gasteiger partial charge is 0.465 e. The van der Waals surface area contributed by atoms with Gasteiger partial charge in [0, 0.05) is 23.5 Å². The molecular weight excluding hydrogens is 334 g/mol. The van der Waals surface area contributed by atoms with Crippen molar-refractivity contribution in [3.63, 3.8) is 0 Å². The molecule has 0 aliphatic carbocycles. The van der Waals surface area contributed by atoms with Gasteiger partial charge in [0.1, 0.15) is 0 Å². The first-order valence-electron chi connectivity index (χ1n) is 8.14. The van der Waals surface area contributed by atoms with Gasteiger partial charge in [-0.3, -0.25) is 9.59 Å². The Balaban J connectivity index is 1.94. The van der Waals surface area contributed by atoms with Gasteiger partial charge >= 0.3 is 5.97 Å². The monoisotopic (exact) mass is 355 g/mol. The molecule has 0 fully saturated rings. The number of methoxy groups -OCH3 is 1. The van der Waals surface area contributed by atoms with Crippen molar-refractivity contribution >= 4 is 29.2 Å². The van der Waals surface area contributed by atoms with Crippen LogP contribution < -0.4 is 16.0 Å². The number of nitrogens with one attached hydrogen (secondary N) is 3. The third-order valence-electron chi connectivity index (χ3n) is 3.48. The molecule has 2 amide bonds. The summed E-state index contributed by atoms with van der Waals surface area (Å²) in [5, 5.41) is 8.37. The first-order valence-corrected chi connectivity index (χ1v) is 8.14. The zero-order chi connectivity index (χ0) is 18.9. The molecule has 26 heavy (non-hydrogen) atoms. The van der Waals surface area contributed by atoms with Crippen LogP contribution in [0.1, 0.15) is 27.6 Å². The molecule has 0 atom stereocenters. The third-order valence-corrected chi connectivity index (χ3v) is 3.48. The van der Waals surface area contributed by atoms with Crippen LogP contribution in [-0.2, 0) is 9.53 Å². The normalized spacial score (nSPS) is 9.92. The van der Waals surface area contributed by atoms with Crippen LogP contribution >= 0.6 is 0 Å². The summed E-state index contributed by atoms with van der Waals surface area (Å²) in [6, 6.07) is 13.4. The highest BCUT2D eigenvalue weighted by Gasteiger charge is 2.08. The molecular formula is C19H21N3O4. The summed E-state index contributed by atoms with van der Waals surface area (Å²) < 4.78 is 4.67. The van der Waals surface area contributed by atoms with Gasteiger partial charge in [0.25, 0.3) is 5.91 Å². The fourth-order valence-corrected chi connectivity index (χ4v) is 2.26. The van der Waals surface area contributed by atoms with Crippen molar-refractivity contribution in [2.24, 2.45) is 0 Å². The molecule has 2 aromatic rings. The van der Waals surface area contributed by atoms with E-state index in [1.807, 2.05) is 6.92 Å². The summed E-state index contributed by atoms with van der Waals surface area (Å²) in [4.78, 5) is 35.4. The third kappa shape index (κ3) is 5.34. The van der Waals surface area contributed by atoms with Gasteiger partial charge in [-0.05, 0) is 43.3 Å². The van der Waals surface area contributed by atoms with Gasteiger partial charge < -0.3 is 20.7 Å². The Morgan fingerprint density at radius 1 is 0.962 bits per heavy atom. The topological polar surface area (TPSA) is 96.5 Å². The van der Waals surface area contributed by atoms with Crippen LogP contribution in [0.15, 0.2) is 48.5 Å². The zero-order valence-electron chi connectivity index (χ0n) is 14.7. The number of amides is 2. The van der Waals surface area contributed by atoms with Crippen molar-refractivity contribution in [3.05, 3.63) is 59.7 Å². The van der Waals surface area contributed by atoms with E-state index in [2.05, 4.69) is 20.7 Å². The number of hydrogen-bond donors (Lipinski definition) is 3. The van der Waals surface area contributed by atoms with Crippen LogP contribution in [0.4, 0.5) is 11.4 Å². The SMILES string of the molecule is CCNC(=O)c1cccc(NC(=O)CNc2cccc(C(=O)OC)c2)c1. The van der Waals surface area contributed by atoms with Crippen LogP contribution in [0.25, 0.3) is 0 Å². The van der Waals surface area contributed by atoms with E-state index < -0.39 is 5.97 Å². The number of hydrogen-bond acceptors (Lipinski definition) is 5. The average Bonchev–Trinajstić information content (AvgIpc) is 2.66. The molecule has 0 unspecified atom stereocenters. The van der Waals surface area contributed by atoms with Gasteiger partial charge in [-0.2, -0.15) is 0 Å². The molecule has 0 heterocycles. The Hall–Kier alpha value is -3.35. The van der Waals surface area contributed by atoms with Gasteiger partial charge in [0.2, 0.25) is 5.91 Å². The minimum absolute atomic E-state index is 0.00993. The van der Waals surface area contributed by atoms with E-state index in [1.165, 1.54) is 7.11 Å². The van der Waals surface area contributed by atoms with Gasteiger partial charge in [-0.15, -0.1) is 0 Å². The molecule has 7 nitrogen and oxygen atoms in total. The maximum Gasteiger partial charge on any atom is 0.337 e. The lowest BCUT2D eigenvalue weighted by molar-refractivity contribution is -0.114. The van der Waals surface area contributed by atoms with Crippen LogP contribution in [0.5, 0.6) is 0 Å². The van der Waals surface area contributed by atoms with E-state index in [4.69, 9.17) is 0 Å². The summed E-state index contributed by atoms with van der Waals surface area (Å²) in [7, 11) is 1.31. The summed E-state index contributed by atoms with van der Waals surface area (Å²) in [6.45, 7) is 2.38. The van der Waals surface area contributed by atoms with Crippen LogP contribution in [0, 0.1) is 0 Å².